The van der Waals surface area contributed by atoms with Crippen molar-refractivity contribution < 1.29 is 19.2 Å². The Bertz CT molecular complexity index is 1240. The summed E-state index contributed by atoms with van der Waals surface area (Å²) in [6, 6.07) is 6.67. The van der Waals surface area contributed by atoms with Gasteiger partial charge in [0.2, 0.25) is 5.89 Å². The highest BCUT2D eigenvalue weighted by atomic mass is 35.5. The Kier molecular flexibility index (Phi) is 6.65. The third kappa shape index (κ3) is 5.51. The standard InChI is InChI=1S/C21H23ClN4O6/c1-12-10-26(20(30)31-21(2,3)4)19(29)25(18(12)28)11-17-23-16(24-32-17)9-15(27)13-5-7-14(22)8-6-13/h5-8,10,15,27H,9,11H2,1-4H3. The van der Waals surface area contributed by atoms with Crippen LogP contribution in [0.25, 0.3) is 0 Å². The lowest BCUT2D eigenvalue weighted by Gasteiger charge is -2.20. The fourth-order valence-electron chi connectivity index (χ4n) is 2.86. The lowest BCUT2D eigenvalue weighted by molar-refractivity contribution is 0.0524. The van der Waals surface area contributed by atoms with Crippen molar-refractivity contribution in [1.29, 1.82) is 0 Å². The Hall–Kier alpha value is -3.24. The summed E-state index contributed by atoms with van der Waals surface area (Å²) < 4.78 is 11.9. The van der Waals surface area contributed by atoms with Crippen molar-refractivity contribution >= 4 is 17.7 Å². The van der Waals surface area contributed by atoms with E-state index in [1.54, 1.807) is 45.0 Å². The van der Waals surface area contributed by atoms with Gasteiger partial charge < -0.3 is 14.4 Å². The van der Waals surface area contributed by atoms with Crippen molar-refractivity contribution in [2.75, 3.05) is 0 Å². The largest absolute Gasteiger partial charge is 0.443 e. The molecule has 2 aromatic heterocycles. The summed E-state index contributed by atoms with van der Waals surface area (Å²) in [6.07, 6.45) is -0.618. The molecule has 0 saturated heterocycles. The molecule has 0 fully saturated rings. The van der Waals surface area contributed by atoms with Gasteiger partial charge in [-0.2, -0.15) is 4.98 Å². The second-order valence-corrected chi connectivity index (χ2v) is 8.65. The quantitative estimate of drug-likeness (QED) is 0.612. The molecule has 1 N–H and O–H groups in total. The van der Waals surface area contributed by atoms with Crippen LogP contribution in [0, 0.1) is 6.92 Å². The predicted octanol–water partition coefficient (Wildman–Crippen LogP) is 2.46. The van der Waals surface area contributed by atoms with Gasteiger partial charge in [-0.05, 0) is 45.4 Å². The molecule has 170 valence electrons. The summed E-state index contributed by atoms with van der Waals surface area (Å²) in [5.74, 6) is 0.166. The van der Waals surface area contributed by atoms with Gasteiger partial charge in [0.25, 0.3) is 5.56 Å². The van der Waals surface area contributed by atoms with Gasteiger partial charge in [0.05, 0.1) is 6.10 Å². The highest BCUT2D eigenvalue weighted by Crippen LogP contribution is 2.19. The summed E-state index contributed by atoms with van der Waals surface area (Å²) in [5.41, 5.74) is -1.53. The molecule has 0 aliphatic rings. The second-order valence-electron chi connectivity index (χ2n) is 8.21. The van der Waals surface area contributed by atoms with Gasteiger partial charge in [0, 0.05) is 23.2 Å². The molecule has 1 aromatic carbocycles. The molecule has 3 rings (SSSR count). The van der Waals surface area contributed by atoms with Crippen LogP contribution in [0.4, 0.5) is 4.79 Å². The Morgan fingerprint density at radius 2 is 1.91 bits per heavy atom. The van der Waals surface area contributed by atoms with Crippen LogP contribution in [0.2, 0.25) is 5.02 Å². The predicted molar refractivity (Wildman–Crippen MR) is 115 cm³/mol. The molecule has 1 unspecified atom stereocenters. The molecule has 0 bridgehead atoms. The molecule has 0 aliphatic heterocycles. The number of aliphatic hydroxyl groups excluding tert-OH is 1. The number of benzene rings is 1. The fraction of sp³-hybridized carbons (Fsp3) is 0.381. The van der Waals surface area contributed by atoms with Gasteiger partial charge in [-0.15, -0.1) is 0 Å². The van der Waals surface area contributed by atoms with E-state index in [-0.39, 0.29) is 30.2 Å². The summed E-state index contributed by atoms with van der Waals surface area (Å²) in [5, 5.41) is 14.7. The zero-order valence-corrected chi connectivity index (χ0v) is 18.8. The Morgan fingerprint density at radius 1 is 1.25 bits per heavy atom. The minimum absolute atomic E-state index is 0.0242. The minimum atomic E-state index is -0.906. The topological polar surface area (TPSA) is 129 Å². The highest BCUT2D eigenvalue weighted by Gasteiger charge is 2.22. The first-order valence-electron chi connectivity index (χ1n) is 9.76. The number of hydrogen-bond acceptors (Lipinski definition) is 8. The smallest absolute Gasteiger partial charge is 0.422 e. The molecule has 0 spiro atoms. The van der Waals surface area contributed by atoms with Crippen LogP contribution in [0.15, 0.2) is 44.6 Å². The molecule has 0 aliphatic carbocycles. The molecular weight excluding hydrogens is 440 g/mol. The Labute approximate surface area is 188 Å². The van der Waals surface area contributed by atoms with Crippen molar-refractivity contribution in [2.45, 2.75) is 52.4 Å². The van der Waals surface area contributed by atoms with Crippen molar-refractivity contribution in [3.63, 3.8) is 0 Å². The van der Waals surface area contributed by atoms with E-state index in [0.717, 1.165) is 15.3 Å². The number of carbonyl (C=O) groups is 1. The number of hydrogen-bond donors (Lipinski definition) is 1. The van der Waals surface area contributed by atoms with E-state index in [1.165, 1.54) is 6.92 Å². The van der Waals surface area contributed by atoms with E-state index in [4.69, 9.17) is 20.9 Å². The molecule has 0 saturated carbocycles. The van der Waals surface area contributed by atoms with E-state index in [0.29, 0.717) is 10.6 Å². The van der Waals surface area contributed by atoms with Crippen molar-refractivity contribution in [1.82, 2.24) is 19.3 Å². The number of aliphatic hydroxyl groups is 1. The van der Waals surface area contributed by atoms with Crippen molar-refractivity contribution in [3.8, 4) is 0 Å². The second kappa shape index (κ2) is 9.09. The van der Waals surface area contributed by atoms with Crippen LogP contribution in [0.1, 0.15) is 49.7 Å². The Morgan fingerprint density at radius 3 is 2.53 bits per heavy atom. The van der Waals surface area contributed by atoms with Crippen molar-refractivity contribution in [2.24, 2.45) is 0 Å². The van der Waals surface area contributed by atoms with Crippen LogP contribution >= 0.6 is 11.6 Å². The Balaban J connectivity index is 1.83. The maximum Gasteiger partial charge on any atom is 0.422 e. The number of aryl methyl sites for hydroxylation is 1. The first-order chi connectivity index (χ1) is 14.9. The summed E-state index contributed by atoms with van der Waals surface area (Å²) in [6.45, 7) is 6.12. The zero-order chi connectivity index (χ0) is 23.6. The maximum absolute atomic E-state index is 12.8. The van der Waals surface area contributed by atoms with Crippen LogP contribution in [-0.4, -0.2) is 36.1 Å². The van der Waals surface area contributed by atoms with Gasteiger partial charge in [0.15, 0.2) is 5.82 Å². The molecule has 0 radical (unpaired) electrons. The number of halogens is 1. The molecule has 2 heterocycles. The van der Waals surface area contributed by atoms with E-state index in [1.807, 2.05) is 0 Å². The number of nitrogens with zero attached hydrogens (tertiary/aromatic N) is 4. The van der Waals surface area contributed by atoms with Gasteiger partial charge in [-0.1, -0.05) is 28.9 Å². The normalized spacial score (nSPS) is 12.6. The van der Waals surface area contributed by atoms with E-state index in [2.05, 4.69) is 10.1 Å². The molecular formula is C21H23ClN4O6. The van der Waals surface area contributed by atoms with Crippen LogP contribution in [-0.2, 0) is 17.7 Å². The number of carbonyl (C=O) groups excluding carboxylic acids is 1. The highest BCUT2D eigenvalue weighted by molar-refractivity contribution is 6.30. The van der Waals surface area contributed by atoms with Crippen LogP contribution in [0.3, 0.4) is 0 Å². The molecule has 0 amide bonds. The third-order valence-corrected chi connectivity index (χ3v) is 4.62. The molecule has 32 heavy (non-hydrogen) atoms. The fourth-order valence-corrected chi connectivity index (χ4v) is 2.99. The first-order valence-corrected chi connectivity index (χ1v) is 10.1. The molecule has 1 atom stereocenters. The number of rotatable bonds is 5. The lowest BCUT2D eigenvalue weighted by atomic mass is 10.1. The van der Waals surface area contributed by atoms with E-state index >= 15 is 0 Å². The van der Waals surface area contributed by atoms with Crippen LogP contribution < -0.4 is 11.2 Å². The minimum Gasteiger partial charge on any atom is -0.443 e. The average Bonchev–Trinajstić information content (AvgIpc) is 3.14. The average molecular weight is 463 g/mol. The van der Waals surface area contributed by atoms with Crippen molar-refractivity contribution in [3.05, 3.63) is 79.2 Å². The SMILES string of the molecule is Cc1cn(C(=O)OC(C)(C)C)c(=O)n(Cc2nc(CC(O)c3ccc(Cl)cc3)no2)c1=O. The summed E-state index contributed by atoms with van der Waals surface area (Å²) in [4.78, 5) is 41.8. The zero-order valence-electron chi connectivity index (χ0n) is 18.0. The molecule has 11 heteroatoms. The summed E-state index contributed by atoms with van der Waals surface area (Å²) >= 11 is 5.85. The molecule has 10 nitrogen and oxygen atoms in total. The maximum atomic E-state index is 12.8. The molecule has 3 aromatic rings. The lowest BCUT2D eigenvalue weighted by Crippen LogP contribution is -2.44. The number of ether oxygens (including phenoxy) is 1. The summed E-state index contributed by atoms with van der Waals surface area (Å²) in [7, 11) is 0. The third-order valence-electron chi connectivity index (χ3n) is 4.37. The van der Waals surface area contributed by atoms with Gasteiger partial charge in [-0.25, -0.2) is 14.2 Å². The van der Waals surface area contributed by atoms with Crippen LogP contribution in [0.5, 0.6) is 0 Å². The van der Waals surface area contributed by atoms with Gasteiger partial charge in [0.1, 0.15) is 12.1 Å². The van der Waals surface area contributed by atoms with Gasteiger partial charge >= 0.3 is 11.8 Å². The number of aromatic nitrogens is 4. The van der Waals surface area contributed by atoms with E-state index < -0.39 is 29.0 Å². The van der Waals surface area contributed by atoms with Gasteiger partial charge in [-0.3, -0.25) is 9.36 Å². The monoisotopic (exact) mass is 462 g/mol. The first kappa shape index (κ1) is 23.4. The van der Waals surface area contributed by atoms with E-state index in [9.17, 15) is 19.5 Å².